The Hall–Kier alpha value is -2.82. The molecule has 0 aliphatic carbocycles. The molecular formula is C20H22N2O3. The average molecular weight is 338 g/mol. The molecular weight excluding hydrogens is 316 g/mol. The summed E-state index contributed by atoms with van der Waals surface area (Å²) in [4.78, 5) is 22.9. The molecule has 5 heteroatoms. The third kappa shape index (κ3) is 6.30. The van der Waals surface area contributed by atoms with Crippen LogP contribution in [0.15, 0.2) is 58.8 Å². The molecule has 0 saturated heterocycles. The number of rotatable bonds is 8. The SMILES string of the molecule is CCCCCC(=O)Oc1ccc(N=Nc2ccc(C(C)=O)cc2)cc1. The lowest BCUT2D eigenvalue weighted by Crippen LogP contribution is -2.07. The minimum atomic E-state index is -0.214. The molecule has 0 N–H and O–H groups in total. The van der Waals surface area contributed by atoms with Crippen LogP contribution in [0.25, 0.3) is 0 Å². The van der Waals surface area contributed by atoms with Crippen molar-refractivity contribution in [1.29, 1.82) is 0 Å². The Bertz CT molecular complexity index is 735. The minimum absolute atomic E-state index is 0.0170. The molecule has 0 amide bonds. The van der Waals surface area contributed by atoms with Crippen molar-refractivity contribution in [2.24, 2.45) is 10.2 Å². The number of Topliss-reactive ketones (excluding diaryl/α,β-unsaturated/α-hetero) is 1. The van der Waals surface area contributed by atoms with E-state index in [9.17, 15) is 9.59 Å². The number of nitrogens with zero attached hydrogens (tertiary/aromatic N) is 2. The van der Waals surface area contributed by atoms with Crippen molar-refractivity contribution < 1.29 is 14.3 Å². The second-order valence-electron chi connectivity index (χ2n) is 5.73. The summed E-state index contributed by atoms with van der Waals surface area (Å²) in [6.07, 6.45) is 3.39. The summed E-state index contributed by atoms with van der Waals surface area (Å²) < 4.78 is 5.27. The third-order valence-corrected chi connectivity index (χ3v) is 3.61. The van der Waals surface area contributed by atoms with Crippen molar-refractivity contribution >= 4 is 23.1 Å². The summed E-state index contributed by atoms with van der Waals surface area (Å²) in [5.74, 6) is 0.308. The van der Waals surface area contributed by atoms with Crippen molar-refractivity contribution in [1.82, 2.24) is 0 Å². The van der Waals surface area contributed by atoms with Crippen LogP contribution in [-0.4, -0.2) is 11.8 Å². The van der Waals surface area contributed by atoms with Crippen molar-refractivity contribution in [2.45, 2.75) is 39.5 Å². The third-order valence-electron chi connectivity index (χ3n) is 3.61. The summed E-state index contributed by atoms with van der Waals surface area (Å²) in [6, 6.07) is 13.8. The predicted octanol–water partition coefficient (Wildman–Crippen LogP) is 5.79. The Morgan fingerprint density at radius 2 is 1.44 bits per heavy atom. The van der Waals surface area contributed by atoms with E-state index in [-0.39, 0.29) is 11.8 Å². The molecule has 0 heterocycles. The molecule has 130 valence electrons. The maximum atomic E-state index is 11.7. The molecule has 0 radical (unpaired) electrons. The Labute approximate surface area is 147 Å². The van der Waals surface area contributed by atoms with Crippen molar-refractivity contribution in [3.05, 3.63) is 54.1 Å². The summed E-state index contributed by atoms with van der Waals surface area (Å²) >= 11 is 0. The Kier molecular flexibility index (Phi) is 7.01. The first kappa shape index (κ1) is 18.5. The molecule has 25 heavy (non-hydrogen) atoms. The quantitative estimate of drug-likeness (QED) is 0.201. The van der Waals surface area contributed by atoms with Crippen molar-refractivity contribution in [2.75, 3.05) is 0 Å². The van der Waals surface area contributed by atoms with Crippen LogP contribution >= 0.6 is 0 Å². The topological polar surface area (TPSA) is 68.1 Å². The second kappa shape index (κ2) is 9.47. The van der Waals surface area contributed by atoms with E-state index in [4.69, 9.17) is 4.74 Å². The standard InChI is InChI=1S/C20H22N2O3/c1-3-4-5-6-20(24)25-19-13-11-18(12-14-19)22-21-17-9-7-16(8-10-17)15(2)23/h7-14H,3-6H2,1-2H3. The zero-order valence-electron chi connectivity index (χ0n) is 14.6. The highest BCUT2D eigenvalue weighted by molar-refractivity contribution is 5.94. The molecule has 2 aromatic rings. The van der Waals surface area contributed by atoms with Crippen LogP contribution in [0.4, 0.5) is 11.4 Å². The number of azo groups is 1. The summed E-state index contributed by atoms with van der Waals surface area (Å²) in [5.41, 5.74) is 1.96. The number of ether oxygens (including phenoxy) is 1. The zero-order chi connectivity index (χ0) is 18.1. The fourth-order valence-corrected chi connectivity index (χ4v) is 2.16. The van der Waals surface area contributed by atoms with E-state index in [0.717, 1.165) is 19.3 Å². The van der Waals surface area contributed by atoms with Gasteiger partial charge in [-0.1, -0.05) is 19.8 Å². The first-order chi connectivity index (χ1) is 12.1. The molecule has 0 aliphatic heterocycles. The van der Waals surface area contributed by atoms with E-state index in [1.165, 1.54) is 6.92 Å². The number of benzene rings is 2. The van der Waals surface area contributed by atoms with Gasteiger partial charge in [0.1, 0.15) is 5.75 Å². The first-order valence-electron chi connectivity index (χ1n) is 8.42. The second-order valence-corrected chi connectivity index (χ2v) is 5.73. The Balaban J connectivity index is 1.91. The van der Waals surface area contributed by atoms with Crippen LogP contribution in [0.3, 0.4) is 0 Å². The van der Waals surface area contributed by atoms with E-state index < -0.39 is 0 Å². The molecule has 0 unspecified atom stereocenters. The highest BCUT2D eigenvalue weighted by Gasteiger charge is 2.04. The fraction of sp³-hybridized carbons (Fsp3) is 0.300. The number of hydrogen-bond acceptors (Lipinski definition) is 5. The molecule has 2 rings (SSSR count). The molecule has 2 aromatic carbocycles. The molecule has 0 aromatic heterocycles. The van der Waals surface area contributed by atoms with Crippen LogP contribution in [0.5, 0.6) is 5.75 Å². The number of hydrogen-bond donors (Lipinski definition) is 0. The van der Waals surface area contributed by atoms with Gasteiger partial charge in [0, 0.05) is 12.0 Å². The van der Waals surface area contributed by atoms with Gasteiger partial charge in [0.25, 0.3) is 0 Å². The van der Waals surface area contributed by atoms with Gasteiger partial charge in [-0.3, -0.25) is 9.59 Å². The monoisotopic (exact) mass is 338 g/mol. The van der Waals surface area contributed by atoms with Gasteiger partial charge in [0.2, 0.25) is 0 Å². The number of unbranched alkanes of at least 4 members (excludes halogenated alkanes) is 2. The lowest BCUT2D eigenvalue weighted by Gasteiger charge is -2.04. The summed E-state index contributed by atoms with van der Waals surface area (Å²) in [6.45, 7) is 3.62. The van der Waals surface area contributed by atoms with Crippen LogP contribution in [-0.2, 0) is 4.79 Å². The number of esters is 1. The van der Waals surface area contributed by atoms with Crippen LogP contribution in [0, 0.1) is 0 Å². The van der Waals surface area contributed by atoms with Gasteiger partial charge in [-0.15, -0.1) is 0 Å². The lowest BCUT2D eigenvalue weighted by atomic mass is 10.1. The number of carbonyl (C=O) groups excluding carboxylic acids is 2. The van der Waals surface area contributed by atoms with E-state index in [2.05, 4.69) is 17.2 Å². The molecule has 0 bridgehead atoms. The maximum Gasteiger partial charge on any atom is 0.311 e. The molecule has 5 nitrogen and oxygen atoms in total. The molecule has 0 saturated carbocycles. The van der Waals surface area contributed by atoms with Crippen LogP contribution in [0.1, 0.15) is 49.9 Å². The fourth-order valence-electron chi connectivity index (χ4n) is 2.16. The van der Waals surface area contributed by atoms with Crippen LogP contribution < -0.4 is 4.74 Å². The predicted molar refractivity (Wildman–Crippen MR) is 96.8 cm³/mol. The summed E-state index contributed by atoms with van der Waals surface area (Å²) in [7, 11) is 0. The Morgan fingerprint density at radius 1 is 0.880 bits per heavy atom. The van der Waals surface area contributed by atoms with Gasteiger partial charge in [0.05, 0.1) is 11.4 Å². The van der Waals surface area contributed by atoms with Crippen molar-refractivity contribution in [3.63, 3.8) is 0 Å². The highest BCUT2D eigenvalue weighted by atomic mass is 16.5. The zero-order valence-corrected chi connectivity index (χ0v) is 14.6. The molecule has 0 atom stereocenters. The van der Waals surface area contributed by atoms with E-state index in [1.807, 2.05) is 0 Å². The highest BCUT2D eigenvalue weighted by Crippen LogP contribution is 2.22. The van der Waals surface area contributed by atoms with Gasteiger partial charge >= 0.3 is 5.97 Å². The molecule has 0 spiro atoms. The van der Waals surface area contributed by atoms with E-state index in [0.29, 0.717) is 29.1 Å². The van der Waals surface area contributed by atoms with Gasteiger partial charge < -0.3 is 4.74 Å². The minimum Gasteiger partial charge on any atom is -0.427 e. The smallest absolute Gasteiger partial charge is 0.311 e. The summed E-state index contributed by atoms with van der Waals surface area (Å²) in [5, 5.41) is 8.25. The molecule has 0 fully saturated rings. The van der Waals surface area contributed by atoms with Crippen molar-refractivity contribution in [3.8, 4) is 5.75 Å². The average Bonchev–Trinajstić information content (AvgIpc) is 2.62. The largest absolute Gasteiger partial charge is 0.427 e. The normalized spacial score (nSPS) is 10.8. The van der Waals surface area contributed by atoms with Gasteiger partial charge in [-0.05, 0) is 61.9 Å². The van der Waals surface area contributed by atoms with E-state index >= 15 is 0 Å². The first-order valence-corrected chi connectivity index (χ1v) is 8.42. The Morgan fingerprint density at radius 3 is 1.96 bits per heavy atom. The number of carbonyl (C=O) groups is 2. The van der Waals surface area contributed by atoms with Gasteiger partial charge in [-0.25, -0.2) is 0 Å². The number of ketones is 1. The maximum absolute atomic E-state index is 11.7. The van der Waals surface area contributed by atoms with E-state index in [1.54, 1.807) is 48.5 Å². The van der Waals surface area contributed by atoms with Crippen LogP contribution in [0.2, 0.25) is 0 Å². The van der Waals surface area contributed by atoms with Gasteiger partial charge in [0.15, 0.2) is 5.78 Å². The lowest BCUT2D eigenvalue weighted by molar-refractivity contribution is -0.134. The van der Waals surface area contributed by atoms with Gasteiger partial charge in [-0.2, -0.15) is 10.2 Å². The molecule has 0 aliphatic rings.